The SMILES string of the molecule is NC(=O)c1cc(F)ccc1OCC(=O)c1ccccc1. The van der Waals surface area contributed by atoms with Gasteiger partial charge >= 0.3 is 0 Å². The summed E-state index contributed by atoms with van der Waals surface area (Å²) in [6.07, 6.45) is 0. The minimum atomic E-state index is -0.813. The number of hydrogen-bond donors (Lipinski definition) is 1. The highest BCUT2D eigenvalue weighted by Gasteiger charge is 2.13. The Morgan fingerprint density at radius 3 is 2.45 bits per heavy atom. The van der Waals surface area contributed by atoms with Gasteiger partial charge in [0.25, 0.3) is 5.91 Å². The molecule has 2 aromatic rings. The number of halogens is 1. The highest BCUT2D eigenvalue weighted by atomic mass is 19.1. The summed E-state index contributed by atoms with van der Waals surface area (Å²) in [5, 5.41) is 0. The monoisotopic (exact) mass is 273 g/mol. The first-order chi connectivity index (χ1) is 9.58. The van der Waals surface area contributed by atoms with Crippen molar-refractivity contribution in [3.8, 4) is 5.75 Å². The van der Waals surface area contributed by atoms with Crippen molar-refractivity contribution in [1.82, 2.24) is 0 Å². The van der Waals surface area contributed by atoms with E-state index in [1.165, 1.54) is 6.07 Å². The fraction of sp³-hybridized carbons (Fsp3) is 0.0667. The Morgan fingerprint density at radius 1 is 1.10 bits per heavy atom. The van der Waals surface area contributed by atoms with Crippen LogP contribution in [0, 0.1) is 5.82 Å². The lowest BCUT2D eigenvalue weighted by Crippen LogP contribution is -2.16. The second kappa shape index (κ2) is 5.97. The normalized spacial score (nSPS) is 10.1. The number of benzene rings is 2. The number of rotatable bonds is 5. The number of amides is 1. The first-order valence-electron chi connectivity index (χ1n) is 5.88. The molecule has 0 saturated carbocycles. The summed E-state index contributed by atoms with van der Waals surface area (Å²) >= 11 is 0. The molecule has 2 aromatic carbocycles. The van der Waals surface area contributed by atoms with E-state index in [1.54, 1.807) is 30.3 Å². The molecular weight excluding hydrogens is 261 g/mol. The molecule has 0 saturated heterocycles. The average molecular weight is 273 g/mol. The van der Waals surface area contributed by atoms with Crippen molar-refractivity contribution in [3.05, 3.63) is 65.5 Å². The van der Waals surface area contributed by atoms with E-state index in [-0.39, 0.29) is 23.7 Å². The zero-order chi connectivity index (χ0) is 14.5. The molecule has 0 fully saturated rings. The molecule has 2 rings (SSSR count). The maximum atomic E-state index is 13.0. The van der Waals surface area contributed by atoms with Crippen molar-refractivity contribution in [2.24, 2.45) is 5.73 Å². The van der Waals surface area contributed by atoms with Gasteiger partial charge in [0.15, 0.2) is 12.4 Å². The molecule has 0 aliphatic carbocycles. The average Bonchev–Trinajstić information content (AvgIpc) is 2.46. The van der Waals surface area contributed by atoms with Gasteiger partial charge < -0.3 is 10.5 Å². The number of primary amides is 1. The summed E-state index contributed by atoms with van der Waals surface area (Å²) in [6.45, 7) is -0.254. The summed E-state index contributed by atoms with van der Waals surface area (Å²) in [5.41, 5.74) is 5.53. The van der Waals surface area contributed by atoms with Crippen LogP contribution in [0.2, 0.25) is 0 Å². The maximum Gasteiger partial charge on any atom is 0.252 e. The van der Waals surface area contributed by atoms with Crippen LogP contribution in [0.3, 0.4) is 0 Å². The van der Waals surface area contributed by atoms with Gasteiger partial charge in [-0.25, -0.2) is 4.39 Å². The highest BCUT2D eigenvalue weighted by molar-refractivity contribution is 5.98. The lowest BCUT2D eigenvalue weighted by molar-refractivity contribution is 0.0912. The van der Waals surface area contributed by atoms with Gasteiger partial charge in [0.1, 0.15) is 11.6 Å². The topological polar surface area (TPSA) is 69.4 Å². The molecule has 4 nitrogen and oxygen atoms in total. The molecule has 0 bridgehead atoms. The van der Waals surface area contributed by atoms with Crippen LogP contribution in [0.1, 0.15) is 20.7 Å². The van der Waals surface area contributed by atoms with Crippen LogP contribution in [0.5, 0.6) is 5.75 Å². The third-order valence-corrected chi connectivity index (χ3v) is 2.66. The van der Waals surface area contributed by atoms with E-state index in [0.717, 1.165) is 12.1 Å². The quantitative estimate of drug-likeness (QED) is 0.849. The van der Waals surface area contributed by atoms with Crippen LogP contribution >= 0.6 is 0 Å². The largest absolute Gasteiger partial charge is 0.485 e. The number of carbonyl (C=O) groups is 2. The van der Waals surface area contributed by atoms with E-state index in [9.17, 15) is 14.0 Å². The van der Waals surface area contributed by atoms with Gasteiger partial charge in [0, 0.05) is 5.56 Å². The van der Waals surface area contributed by atoms with Crippen molar-refractivity contribution >= 4 is 11.7 Å². The number of ketones is 1. The molecule has 102 valence electrons. The Hall–Kier alpha value is -2.69. The van der Waals surface area contributed by atoms with Crippen LogP contribution < -0.4 is 10.5 Å². The second-order valence-electron chi connectivity index (χ2n) is 4.08. The number of carbonyl (C=O) groups excluding carboxylic acids is 2. The molecule has 0 radical (unpaired) electrons. The van der Waals surface area contributed by atoms with E-state index >= 15 is 0 Å². The molecule has 0 atom stereocenters. The number of Topliss-reactive ketones (excluding diaryl/α,β-unsaturated/α-hetero) is 1. The number of hydrogen-bond acceptors (Lipinski definition) is 3. The molecule has 0 unspecified atom stereocenters. The van der Waals surface area contributed by atoms with Crippen LogP contribution in [0.4, 0.5) is 4.39 Å². The van der Waals surface area contributed by atoms with Gasteiger partial charge in [-0.1, -0.05) is 30.3 Å². The zero-order valence-corrected chi connectivity index (χ0v) is 10.5. The predicted molar refractivity (Wildman–Crippen MR) is 71.2 cm³/mol. The lowest BCUT2D eigenvalue weighted by Gasteiger charge is -2.09. The van der Waals surface area contributed by atoms with E-state index in [4.69, 9.17) is 10.5 Å². The van der Waals surface area contributed by atoms with Gasteiger partial charge in [0.05, 0.1) is 5.56 Å². The molecule has 0 heterocycles. The predicted octanol–water partition coefficient (Wildman–Crippen LogP) is 2.19. The second-order valence-corrected chi connectivity index (χ2v) is 4.08. The van der Waals surface area contributed by atoms with Gasteiger partial charge in [0.2, 0.25) is 0 Å². The Morgan fingerprint density at radius 2 is 1.80 bits per heavy atom. The molecule has 2 N–H and O–H groups in total. The van der Waals surface area contributed by atoms with Gasteiger partial charge in [-0.3, -0.25) is 9.59 Å². The Bertz CT molecular complexity index is 641. The third kappa shape index (κ3) is 3.20. The van der Waals surface area contributed by atoms with Crippen LogP contribution in [-0.2, 0) is 0 Å². The summed E-state index contributed by atoms with van der Waals surface area (Å²) in [5.74, 6) is -1.57. The van der Waals surface area contributed by atoms with Crippen molar-refractivity contribution in [2.45, 2.75) is 0 Å². The van der Waals surface area contributed by atoms with Crippen LogP contribution in [0.25, 0.3) is 0 Å². The molecule has 0 spiro atoms. The first-order valence-corrected chi connectivity index (χ1v) is 5.88. The molecular formula is C15H12FNO3. The summed E-state index contributed by atoms with van der Waals surface area (Å²) < 4.78 is 18.3. The maximum absolute atomic E-state index is 13.0. The number of ether oxygens (including phenoxy) is 1. The fourth-order valence-electron chi connectivity index (χ4n) is 1.67. The third-order valence-electron chi connectivity index (χ3n) is 2.66. The minimum Gasteiger partial charge on any atom is -0.485 e. The standard InChI is InChI=1S/C15H12FNO3/c16-11-6-7-14(12(8-11)15(17)19)20-9-13(18)10-4-2-1-3-5-10/h1-8H,9H2,(H2,17,19). The Kier molecular flexibility index (Phi) is 4.10. The van der Waals surface area contributed by atoms with Crippen molar-refractivity contribution in [2.75, 3.05) is 6.61 Å². The molecule has 0 aliphatic rings. The van der Waals surface area contributed by atoms with Gasteiger partial charge in [-0.05, 0) is 18.2 Å². The lowest BCUT2D eigenvalue weighted by atomic mass is 10.1. The van der Waals surface area contributed by atoms with Crippen molar-refractivity contribution in [1.29, 1.82) is 0 Å². The fourth-order valence-corrected chi connectivity index (χ4v) is 1.67. The molecule has 1 amide bonds. The molecule has 0 aliphatic heterocycles. The Labute approximate surface area is 115 Å². The molecule has 5 heteroatoms. The van der Waals surface area contributed by atoms with E-state index in [0.29, 0.717) is 5.56 Å². The van der Waals surface area contributed by atoms with Crippen LogP contribution in [0.15, 0.2) is 48.5 Å². The van der Waals surface area contributed by atoms with E-state index in [1.807, 2.05) is 0 Å². The Balaban J connectivity index is 2.12. The summed E-state index contributed by atoms with van der Waals surface area (Å²) in [4.78, 5) is 23.0. The highest BCUT2D eigenvalue weighted by Crippen LogP contribution is 2.19. The smallest absolute Gasteiger partial charge is 0.252 e. The number of nitrogens with two attached hydrogens (primary N) is 1. The van der Waals surface area contributed by atoms with E-state index < -0.39 is 11.7 Å². The van der Waals surface area contributed by atoms with Crippen molar-refractivity contribution < 1.29 is 18.7 Å². The van der Waals surface area contributed by atoms with Gasteiger partial charge in [-0.15, -0.1) is 0 Å². The minimum absolute atomic E-state index is 0.0863. The van der Waals surface area contributed by atoms with Crippen LogP contribution in [-0.4, -0.2) is 18.3 Å². The zero-order valence-electron chi connectivity index (χ0n) is 10.5. The summed E-state index contributed by atoms with van der Waals surface area (Å²) in [7, 11) is 0. The molecule has 0 aromatic heterocycles. The van der Waals surface area contributed by atoms with Crippen molar-refractivity contribution in [3.63, 3.8) is 0 Å². The summed E-state index contributed by atoms with van der Waals surface area (Å²) in [6, 6.07) is 12.0. The van der Waals surface area contributed by atoms with Gasteiger partial charge in [-0.2, -0.15) is 0 Å². The first kappa shape index (κ1) is 13.7. The van der Waals surface area contributed by atoms with E-state index in [2.05, 4.69) is 0 Å². The molecule has 20 heavy (non-hydrogen) atoms.